The molecule has 3 N–H and O–H groups in total. The molecule has 1 heterocycles. The number of anilines is 2. The highest BCUT2D eigenvalue weighted by Crippen LogP contribution is 2.16. The maximum Gasteiger partial charge on any atom is 0.256 e. The molecule has 1 aromatic carbocycles. The first-order chi connectivity index (χ1) is 9.47. The first-order valence-corrected chi connectivity index (χ1v) is 6.18. The zero-order valence-electron chi connectivity index (χ0n) is 11.6. The van der Waals surface area contributed by atoms with Crippen LogP contribution in [0.3, 0.4) is 0 Å². The molecule has 6 nitrogen and oxygen atoms in total. The number of carbonyl (C=O) groups excluding carboxylic acids is 2. The van der Waals surface area contributed by atoms with E-state index in [1.54, 1.807) is 24.3 Å². The molecule has 0 radical (unpaired) electrons. The third kappa shape index (κ3) is 3.03. The normalized spacial score (nSPS) is 10.2. The van der Waals surface area contributed by atoms with Crippen LogP contribution >= 0.6 is 0 Å². The summed E-state index contributed by atoms with van der Waals surface area (Å²) in [5.41, 5.74) is 2.98. The van der Waals surface area contributed by atoms with E-state index < -0.39 is 0 Å². The predicted molar refractivity (Wildman–Crippen MR) is 76.8 cm³/mol. The van der Waals surface area contributed by atoms with Crippen molar-refractivity contribution in [3.63, 3.8) is 0 Å². The Morgan fingerprint density at radius 1 is 1.10 bits per heavy atom. The number of aryl methyl sites for hydroxylation is 1. The van der Waals surface area contributed by atoms with Crippen LogP contribution in [0.25, 0.3) is 0 Å². The number of nitrogens with zero attached hydrogens (tertiary/aromatic N) is 1. The number of hydrogen-bond acceptors (Lipinski definition) is 3. The Bertz CT molecular complexity index is 644. The average Bonchev–Trinajstić information content (AvgIpc) is 2.71. The van der Waals surface area contributed by atoms with Gasteiger partial charge in [0.05, 0.1) is 0 Å². The molecule has 0 atom stereocenters. The monoisotopic (exact) mass is 272 g/mol. The lowest BCUT2D eigenvalue weighted by atomic mass is 10.2. The molecular weight excluding hydrogens is 256 g/mol. The van der Waals surface area contributed by atoms with Crippen molar-refractivity contribution >= 4 is 23.3 Å². The van der Waals surface area contributed by atoms with Crippen LogP contribution in [0, 0.1) is 13.8 Å². The van der Waals surface area contributed by atoms with Gasteiger partial charge in [0, 0.05) is 29.4 Å². The van der Waals surface area contributed by atoms with Crippen LogP contribution in [0.2, 0.25) is 0 Å². The number of H-pyrrole nitrogens is 1. The predicted octanol–water partition coefficient (Wildman–Crippen LogP) is 2.24. The summed E-state index contributed by atoms with van der Waals surface area (Å²) < 4.78 is 0. The number of carbonyl (C=O) groups is 2. The Labute approximate surface area is 116 Å². The smallest absolute Gasteiger partial charge is 0.256 e. The molecule has 2 amide bonds. The van der Waals surface area contributed by atoms with Crippen LogP contribution in [-0.4, -0.2) is 22.0 Å². The molecule has 2 aromatic rings. The van der Waals surface area contributed by atoms with Crippen LogP contribution < -0.4 is 10.6 Å². The fourth-order valence-corrected chi connectivity index (χ4v) is 1.69. The van der Waals surface area contributed by atoms with Gasteiger partial charge in [-0.2, -0.15) is 5.10 Å². The third-order valence-electron chi connectivity index (χ3n) is 2.95. The lowest BCUT2D eigenvalue weighted by molar-refractivity contribution is -0.114. The van der Waals surface area contributed by atoms with Gasteiger partial charge in [0.1, 0.15) is 0 Å². The Morgan fingerprint density at radius 2 is 1.75 bits per heavy atom. The summed E-state index contributed by atoms with van der Waals surface area (Å²) in [4.78, 5) is 23.0. The molecule has 0 unspecified atom stereocenters. The van der Waals surface area contributed by atoms with Crippen LogP contribution in [0.15, 0.2) is 24.3 Å². The highest BCUT2D eigenvalue weighted by Gasteiger charge is 2.11. The van der Waals surface area contributed by atoms with E-state index in [0.29, 0.717) is 17.1 Å². The van der Waals surface area contributed by atoms with Crippen molar-refractivity contribution in [2.45, 2.75) is 20.8 Å². The second-order valence-corrected chi connectivity index (χ2v) is 4.53. The minimum atomic E-state index is -0.242. The van der Waals surface area contributed by atoms with Gasteiger partial charge in [-0.25, -0.2) is 0 Å². The Morgan fingerprint density at radius 3 is 2.25 bits per heavy atom. The van der Waals surface area contributed by atoms with Crippen molar-refractivity contribution in [2.24, 2.45) is 0 Å². The summed E-state index contributed by atoms with van der Waals surface area (Å²) in [5.74, 6) is 0.136. The molecule has 6 heteroatoms. The number of amides is 2. The Balaban J connectivity index is 2.09. The summed E-state index contributed by atoms with van der Waals surface area (Å²) in [6.07, 6.45) is 0. The first-order valence-electron chi connectivity index (χ1n) is 6.18. The van der Waals surface area contributed by atoms with E-state index in [4.69, 9.17) is 0 Å². The second kappa shape index (κ2) is 5.56. The topological polar surface area (TPSA) is 86.9 Å². The van der Waals surface area contributed by atoms with Crippen molar-refractivity contribution in [3.05, 3.63) is 41.1 Å². The fraction of sp³-hybridized carbons (Fsp3) is 0.214. The standard InChI is InChI=1S/C14H16N4O2/c1-8-9(2)17-18-13(8)16-14(20)11-4-6-12(7-5-11)15-10(3)19/h4-7H,1-3H3,(H,15,19)(H2,16,17,18,20). The van der Waals surface area contributed by atoms with Gasteiger partial charge in [-0.15, -0.1) is 0 Å². The molecule has 0 fully saturated rings. The van der Waals surface area contributed by atoms with E-state index in [-0.39, 0.29) is 11.8 Å². The minimum Gasteiger partial charge on any atom is -0.326 e. The number of benzene rings is 1. The molecule has 0 aliphatic rings. The largest absolute Gasteiger partial charge is 0.326 e. The number of rotatable bonds is 3. The number of hydrogen-bond donors (Lipinski definition) is 3. The van der Waals surface area contributed by atoms with E-state index in [1.807, 2.05) is 13.8 Å². The number of aromatic nitrogens is 2. The van der Waals surface area contributed by atoms with Gasteiger partial charge < -0.3 is 10.6 Å². The maximum atomic E-state index is 12.1. The Kier molecular flexibility index (Phi) is 3.84. The lowest BCUT2D eigenvalue weighted by Gasteiger charge is -2.05. The van der Waals surface area contributed by atoms with E-state index in [9.17, 15) is 9.59 Å². The second-order valence-electron chi connectivity index (χ2n) is 4.53. The van der Waals surface area contributed by atoms with Crippen LogP contribution in [-0.2, 0) is 4.79 Å². The molecular formula is C14H16N4O2. The zero-order valence-corrected chi connectivity index (χ0v) is 11.6. The van der Waals surface area contributed by atoms with Gasteiger partial charge in [-0.3, -0.25) is 14.7 Å². The number of nitrogens with one attached hydrogen (secondary N) is 3. The summed E-state index contributed by atoms with van der Waals surface area (Å²) in [7, 11) is 0. The molecule has 20 heavy (non-hydrogen) atoms. The summed E-state index contributed by atoms with van der Waals surface area (Å²) in [6, 6.07) is 6.66. The molecule has 0 bridgehead atoms. The van der Waals surface area contributed by atoms with Crippen molar-refractivity contribution in [1.29, 1.82) is 0 Å². The van der Waals surface area contributed by atoms with Crippen LogP contribution in [0.4, 0.5) is 11.5 Å². The van der Waals surface area contributed by atoms with Gasteiger partial charge in [-0.1, -0.05) is 0 Å². The summed E-state index contributed by atoms with van der Waals surface area (Å²) in [5, 5.41) is 12.2. The fourth-order valence-electron chi connectivity index (χ4n) is 1.69. The molecule has 104 valence electrons. The van der Waals surface area contributed by atoms with Gasteiger partial charge in [0.2, 0.25) is 5.91 Å². The van der Waals surface area contributed by atoms with Gasteiger partial charge in [0.15, 0.2) is 5.82 Å². The van der Waals surface area contributed by atoms with E-state index in [0.717, 1.165) is 11.3 Å². The number of aromatic amines is 1. The van der Waals surface area contributed by atoms with Crippen LogP contribution in [0.1, 0.15) is 28.5 Å². The van der Waals surface area contributed by atoms with Gasteiger partial charge in [0.25, 0.3) is 5.91 Å². The zero-order chi connectivity index (χ0) is 14.7. The molecule has 0 saturated carbocycles. The van der Waals surface area contributed by atoms with Crippen LogP contribution in [0.5, 0.6) is 0 Å². The van der Waals surface area contributed by atoms with Crippen molar-refractivity contribution in [3.8, 4) is 0 Å². The van der Waals surface area contributed by atoms with E-state index in [2.05, 4.69) is 20.8 Å². The van der Waals surface area contributed by atoms with Gasteiger partial charge in [-0.05, 0) is 38.1 Å². The first kappa shape index (κ1) is 13.8. The molecule has 0 saturated heterocycles. The highest BCUT2D eigenvalue weighted by molar-refractivity contribution is 6.04. The lowest BCUT2D eigenvalue weighted by Crippen LogP contribution is -2.13. The van der Waals surface area contributed by atoms with E-state index in [1.165, 1.54) is 6.92 Å². The SMILES string of the molecule is CC(=O)Nc1ccc(C(=O)Nc2n[nH]c(C)c2C)cc1. The van der Waals surface area contributed by atoms with Crippen molar-refractivity contribution in [2.75, 3.05) is 10.6 Å². The summed E-state index contributed by atoms with van der Waals surface area (Å²) >= 11 is 0. The Hall–Kier alpha value is -2.63. The maximum absolute atomic E-state index is 12.1. The summed E-state index contributed by atoms with van der Waals surface area (Å²) in [6.45, 7) is 5.21. The molecule has 0 aliphatic carbocycles. The van der Waals surface area contributed by atoms with E-state index >= 15 is 0 Å². The van der Waals surface area contributed by atoms with Gasteiger partial charge >= 0.3 is 0 Å². The molecule has 0 aliphatic heterocycles. The quantitative estimate of drug-likeness (QED) is 0.800. The third-order valence-corrected chi connectivity index (χ3v) is 2.95. The highest BCUT2D eigenvalue weighted by atomic mass is 16.2. The van der Waals surface area contributed by atoms with Crippen molar-refractivity contribution < 1.29 is 9.59 Å². The van der Waals surface area contributed by atoms with Crippen molar-refractivity contribution in [1.82, 2.24) is 10.2 Å². The molecule has 2 rings (SSSR count). The average molecular weight is 272 g/mol. The minimum absolute atomic E-state index is 0.148. The molecule has 1 aromatic heterocycles. The molecule has 0 spiro atoms.